The number of carbonyl (C=O) groups is 1. The maximum Gasteiger partial charge on any atom is 0.320 e. The highest BCUT2D eigenvalue weighted by atomic mass is 16.4. The van der Waals surface area contributed by atoms with Gasteiger partial charge in [-0.3, -0.25) is 4.79 Å². The highest BCUT2D eigenvalue weighted by Crippen LogP contribution is 2.27. The van der Waals surface area contributed by atoms with E-state index in [1.165, 1.54) is 18.2 Å². The first-order chi connectivity index (χ1) is 7.54. The van der Waals surface area contributed by atoms with Crippen LogP contribution in [-0.4, -0.2) is 22.2 Å². The summed E-state index contributed by atoms with van der Waals surface area (Å²) in [6, 6.07) is 3.23. The van der Waals surface area contributed by atoms with Crippen LogP contribution in [0.2, 0.25) is 0 Å². The molecule has 0 aliphatic rings. The molecule has 84 valence electrons. The molecular weight excluding hydrogens is 212 g/mol. The number of aliphatic carboxylic acids is 1. The van der Waals surface area contributed by atoms with E-state index < -0.39 is 12.0 Å². The van der Waals surface area contributed by atoms with E-state index in [1.54, 1.807) is 0 Å². The summed E-state index contributed by atoms with van der Waals surface area (Å²) in [6.07, 6.45) is 0.101. The van der Waals surface area contributed by atoms with Gasteiger partial charge in [0.2, 0.25) is 0 Å². The maximum absolute atomic E-state index is 10.5. The van der Waals surface area contributed by atoms with E-state index in [-0.39, 0.29) is 17.9 Å². The van der Waals surface area contributed by atoms with E-state index in [2.05, 4.69) is 10.0 Å². The van der Waals surface area contributed by atoms with Crippen LogP contribution in [0.3, 0.4) is 0 Å². The monoisotopic (exact) mass is 222 g/mol. The van der Waals surface area contributed by atoms with Gasteiger partial charge in [0.1, 0.15) is 11.8 Å². The molecule has 0 radical (unpaired) electrons. The summed E-state index contributed by atoms with van der Waals surface area (Å²) in [4.78, 5) is 13.1. The molecule has 0 heterocycles. The third kappa shape index (κ3) is 2.88. The Morgan fingerprint density at radius 1 is 1.62 bits per heavy atom. The Bertz CT molecular complexity index is 454. The maximum atomic E-state index is 10.5. The number of nitrogens with two attached hydrogens (primary N) is 1. The van der Waals surface area contributed by atoms with Gasteiger partial charge in [-0.1, -0.05) is 11.2 Å². The van der Waals surface area contributed by atoms with E-state index in [4.69, 9.17) is 16.4 Å². The zero-order chi connectivity index (χ0) is 12.1. The Hall–Kier alpha value is -2.24. The molecule has 0 amide bonds. The molecule has 0 aliphatic carbocycles. The molecule has 0 spiro atoms. The number of hydrogen-bond acceptors (Lipinski definition) is 4. The summed E-state index contributed by atoms with van der Waals surface area (Å²) in [5.41, 5.74) is 14.2. The number of nitrogens with zero attached hydrogens (tertiary/aromatic N) is 3. The summed E-state index contributed by atoms with van der Waals surface area (Å²) in [5, 5.41) is 21.2. The van der Waals surface area contributed by atoms with Crippen LogP contribution < -0.4 is 5.73 Å². The minimum absolute atomic E-state index is 0.0533. The number of hydrogen-bond donors (Lipinski definition) is 3. The van der Waals surface area contributed by atoms with Crippen molar-refractivity contribution in [2.24, 2.45) is 10.8 Å². The van der Waals surface area contributed by atoms with Crippen LogP contribution in [0.25, 0.3) is 10.4 Å². The lowest BCUT2D eigenvalue weighted by Crippen LogP contribution is -2.32. The average molecular weight is 222 g/mol. The van der Waals surface area contributed by atoms with Crippen molar-refractivity contribution in [2.75, 3.05) is 0 Å². The Morgan fingerprint density at radius 2 is 2.31 bits per heavy atom. The lowest BCUT2D eigenvalue weighted by molar-refractivity contribution is -0.138. The largest absolute Gasteiger partial charge is 0.507 e. The third-order valence-corrected chi connectivity index (χ3v) is 1.97. The van der Waals surface area contributed by atoms with Gasteiger partial charge in [0.05, 0.1) is 5.69 Å². The lowest BCUT2D eigenvalue weighted by atomic mass is 10.1. The summed E-state index contributed by atoms with van der Waals surface area (Å²) < 4.78 is 0. The number of carboxylic acids is 1. The molecule has 1 atom stereocenters. The second kappa shape index (κ2) is 5.01. The Kier molecular flexibility index (Phi) is 3.71. The van der Waals surface area contributed by atoms with Gasteiger partial charge >= 0.3 is 5.97 Å². The molecule has 0 fully saturated rings. The van der Waals surface area contributed by atoms with Crippen LogP contribution in [0.15, 0.2) is 23.3 Å². The molecule has 1 aromatic rings. The second-order valence-electron chi connectivity index (χ2n) is 3.16. The van der Waals surface area contributed by atoms with Gasteiger partial charge in [-0.15, -0.1) is 0 Å². The van der Waals surface area contributed by atoms with Crippen molar-refractivity contribution in [2.45, 2.75) is 12.5 Å². The Balaban J connectivity index is 2.94. The molecule has 16 heavy (non-hydrogen) atoms. The number of benzene rings is 1. The molecule has 1 rings (SSSR count). The van der Waals surface area contributed by atoms with E-state index in [0.717, 1.165) is 0 Å². The van der Waals surface area contributed by atoms with E-state index in [9.17, 15) is 9.90 Å². The summed E-state index contributed by atoms with van der Waals surface area (Å²) in [5.74, 6) is -1.27. The van der Waals surface area contributed by atoms with Gasteiger partial charge in [0.25, 0.3) is 0 Å². The zero-order valence-electron chi connectivity index (χ0n) is 8.24. The minimum atomic E-state index is -1.11. The summed E-state index contributed by atoms with van der Waals surface area (Å²) >= 11 is 0. The van der Waals surface area contributed by atoms with Crippen molar-refractivity contribution < 1.29 is 15.0 Å². The Morgan fingerprint density at radius 3 is 2.88 bits per heavy atom. The molecule has 1 aromatic carbocycles. The number of rotatable bonds is 4. The molecule has 4 N–H and O–H groups in total. The van der Waals surface area contributed by atoms with Crippen LogP contribution in [0, 0.1) is 0 Å². The fourth-order valence-corrected chi connectivity index (χ4v) is 1.17. The van der Waals surface area contributed by atoms with E-state index >= 15 is 0 Å². The molecule has 0 bridgehead atoms. The van der Waals surface area contributed by atoms with Gasteiger partial charge in [-0.2, -0.15) is 0 Å². The molecular formula is C9H10N4O3. The third-order valence-electron chi connectivity index (χ3n) is 1.97. The van der Waals surface area contributed by atoms with Crippen molar-refractivity contribution in [3.8, 4) is 5.75 Å². The van der Waals surface area contributed by atoms with Crippen LogP contribution in [0.5, 0.6) is 5.75 Å². The Labute approximate surface area is 90.7 Å². The number of phenols is 1. The van der Waals surface area contributed by atoms with Crippen molar-refractivity contribution in [3.05, 3.63) is 34.2 Å². The normalized spacial score (nSPS) is 11.6. The van der Waals surface area contributed by atoms with Gasteiger partial charge in [-0.25, -0.2) is 0 Å². The SMILES string of the molecule is [N-]=[N+]=Nc1cc(C[C@H](N)C(=O)O)ccc1O. The fourth-order valence-electron chi connectivity index (χ4n) is 1.17. The molecule has 0 aliphatic heterocycles. The quantitative estimate of drug-likeness (QED) is 0.402. The van der Waals surface area contributed by atoms with Crippen molar-refractivity contribution in [3.63, 3.8) is 0 Å². The van der Waals surface area contributed by atoms with Crippen molar-refractivity contribution >= 4 is 11.7 Å². The molecule has 0 saturated heterocycles. The standard InChI is InChI=1S/C9H10N4O3/c10-6(9(15)16)3-5-1-2-8(14)7(4-5)12-13-11/h1-2,4,6,14H,3,10H2,(H,15,16)/t6-/m0/s1. The summed E-state index contributed by atoms with van der Waals surface area (Å²) in [6.45, 7) is 0. The highest BCUT2D eigenvalue weighted by Gasteiger charge is 2.12. The second-order valence-corrected chi connectivity index (χ2v) is 3.16. The number of aromatic hydroxyl groups is 1. The van der Waals surface area contributed by atoms with Crippen molar-refractivity contribution in [1.29, 1.82) is 0 Å². The van der Waals surface area contributed by atoms with Gasteiger partial charge in [0, 0.05) is 4.91 Å². The molecule has 7 heteroatoms. The van der Waals surface area contributed by atoms with Crippen LogP contribution in [0.1, 0.15) is 5.56 Å². The van der Waals surface area contributed by atoms with Crippen LogP contribution >= 0.6 is 0 Å². The predicted molar refractivity (Wildman–Crippen MR) is 56.2 cm³/mol. The molecule has 7 nitrogen and oxygen atoms in total. The van der Waals surface area contributed by atoms with Gasteiger partial charge in [-0.05, 0) is 29.6 Å². The molecule has 0 unspecified atom stereocenters. The van der Waals surface area contributed by atoms with Gasteiger partial charge in [0.15, 0.2) is 0 Å². The fraction of sp³-hybridized carbons (Fsp3) is 0.222. The van der Waals surface area contributed by atoms with Crippen molar-refractivity contribution in [1.82, 2.24) is 0 Å². The highest BCUT2D eigenvalue weighted by molar-refractivity contribution is 5.73. The van der Waals surface area contributed by atoms with Crippen LogP contribution in [0.4, 0.5) is 5.69 Å². The molecule has 0 saturated carbocycles. The lowest BCUT2D eigenvalue weighted by Gasteiger charge is -2.07. The first-order valence-corrected chi connectivity index (χ1v) is 4.40. The van der Waals surface area contributed by atoms with Crippen LogP contribution in [-0.2, 0) is 11.2 Å². The minimum Gasteiger partial charge on any atom is -0.507 e. The van der Waals surface area contributed by atoms with E-state index in [1.807, 2.05) is 0 Å². The molecule has 0 aromatic heterocycles. The number of phenolic OH excluding ortho intramolecular Hbond substituents is 1. The number of azide groups is 1. The number of carboxylic acid groups (broad SMARTS) is 1. The first kappa shape index (κ1) is 11.8. The smallest absolute Gasteiger partial charge is 0.320 e. The average Bonchev–Trinajstić information content (AvgIpc) is 2.23. The summed E-state index contributed by atoms with van der Waals surface area (Å²) in [7, 11) is 0. The predicted octanol–water partition coefficient (Wildman–Crippen LogP) is 1.29. The zero-order valence-corrected chi connectivity index (χ0v) is 8.24. The van der Waals surface area contributed by atoms with Gasteiger partial charge < -0.3 is 15.9 Å². The first-order valence-electron chi connectivity index (χ1n) is 4.40. The topological polar surface area (TPSA) is 132 Å². The van der Waals surface area contributed by atoms with E-state index in [0.29, 0.717) is 5.56 Å².